The molecule has 2 aromatic rings. The number of aromatic nitrogens is 2. The number of nitrogens with zero attached hydrogens (tertiary/aromatic N) is 2. The Morgan fingerprint density at radius 3 is 2.89 bits per heavy atom. The Labute approximate surface area is 114 Å². The molecule has 2 N–H and O–H groups in total. The molecule has 0 radical (unpaired) electrons. The van der Waals surface area contributed by atoms with Crippen molar-refractivity contribution in [1.82, 2.24) is 15.1 Å². The van der Waals surface area contributed by atoms with Crippen molar-refractivity contribution in [1.29, 1.82) is 0 Å². The molecule has 1 aromatic heterocycles. The highest BCUT2D eigenvalue weighted by Gasteiger charge is 2.09. The van der Waals surface area contributed by atoms with Crippen LogP contribution in [0.4, 0.5) is 0 Å². The number of aryl methyl sites for hydroxylation is 1. The first-order chi connectivity index (χ1) is 9.26. The molecule has 1 unspecified atom stereocenters. The molecule has 1 atom stereocenters. The van der Waals surface area contributed by atoms with Gasteiger partial charge in [0.2, 0.25) is 0 Å². The van der Waals surface area contributed by atoms with E-state index in [1.807, 2.05) is 23.9 Å². The summed E-state index contributed by atoms with van der Waals surface area (Å²) in [6.45, 7) is 4.15. The third-order valence-corrected chi connectivity index (χ3v) is 3.67. The molecule has 2 rings (SSSR count). The zero-order valence-corrected chi connectivity index (χ0v) is 11.8. The summed E-state index contributed by atoms with van der Waals surface area (Å²) in [7, 11) is 1.98. The van der Waals surface area contributed by atoms with E-state index in [1.165, 1.54) is 10.9 Å². The van der Waals surface area contributed by atoms with E-state index >= 15 is 0 Å². The summed E-state index contributed by atoms with van der Waals surface area (Å²) < 4.78 is 1.93. The van der Waals surface area contributed by atoms with Crippen LogP contribution in [0.25, 0.3) is 10.9 Å². The van der Waals surface area contributed by atoms with Gasteiger partial charge < -0.3 is 10.4 Å². The van der Waals surface area contributed by atoms with Crippen molar-refractivity contribution in [3.05, 3.63) is 30.0 Å². The second kappa shape index (κ2) is 6.68. The van der Waals surface area contributed by atoms with E-state index in [4.69, 9.17) is 5.11 Å². The highest BCUT2D eigenvalue weighted by Crippen LogP contribution is 2.17. The second-order valence-corrected chi connectivity index (χ2v) is 5.00. The number of aliphatic hydroxyl groups is 1. The summed E-state index contributed by atoms with van der Waals surface area (Å²) in [4.78, 5) is 0. The van der Waals surface area contributed by atoms with E-state index in [0.29, 0.717) is 5.92 Å². The standard InChI is InChI=1S/C15H23N3O/c1-3-12(8-9-19)10-16-11-14-13-6-4-5-7-15(13)18(2)17-14/h4-7,12,16,19H,3,8-11H2,1-2H3. The lowest BCUT2D eigenvalue weighted by molar-refractivity contribution is 0.251. The van der Waals surface area contributed by atoms with Crippen molar-refractivity contribution in [3.8, 4) is 0 Å². The van der Waals surface area contributed by atoms with Crippen LogP contribution in [-0.2, 0) is 13.6 Å². The maximum Gasteiger partial charge on any atom is 0.0841 e. The number of para-hydroxylation sites is 1. The Hall–Kier alpha value is -1.39. The molecule has 4 heteroatoms. The first-order valence-corrected chi connectivity index (χ1v) is 6.98. The molecule has 0 bridgehead atoms. The maximum absolute atomic E-state index is 8.99. The molecule has 0 aliphatic carbocycles. The highest BCUT2D eigenvalue weighted by atomic mass is 16.3. The van der Waals surface area contributed by atoms with Crippen LogP contribution in [0.5, 0.6) is 0 Å². The third kappa shape index (κ3) is 3.33. The summed E-state index contributed by atoms with van der Waals surface area (Å²) in [5.41, 5.74) is 2.26. The lowest BCUT2D eigenvalue weighted by atomic mass is 10.0. The third-order valence-electron chi connectivity index (χ3n) is 3.67. The molecule has 0 saturated heterocycles. The number of rotatable bonds is 7. The number of nitrogens with one attached hydrogen (secondary N) is 1. The minimum atomic E-state index is 0.271. The van der Waals surface area contributed by atoms with E-state index in [9.17, 15) is 0 Å². The molecule has 1 heterocycles. The molecule has 1 aromatic carbocycles. The summed E-state index contributed by atoms with van der Waals surface area (Å²) in [6, 6.07) is 8.29. The molecule has 0 spiro atoms. The van der Waals surface area contributed by atoms with E-state index < -0.39 is 0 Å². The monoisotopic (exact) mass is 261 g/mol. The number of hydrogen-bond acceptors (Lipinski definition) is 3. The fourth-order valence-corrected chi connectivity index (χ4v) is 2.45. The van der Waals surface area contributed by atoms with Gasteiger partial charge in [0, 0.05) is 25.6 Å². The van der Waals surface area contributed by atoms with Crippen LogP contribution in [0, 0.1) is 5.92 Å². The first kappa shape index (κ1) is 14.0. The summed E-state index contributed by atoms with van der Waals surface area (Å²) in [5.74, 6) is 0.542. The van der Waals surface area contributed by atoms with Crippen molar-refractivity contribution in [3.63, 3.8) is 0 Å². The normalized spacial score (nSPS) is 13.0. The fraction of sp³-hybridized carbons (Fsp3) is 0.533. The number of hydrogen-bond donors (Lipinski definition) is 2. The Bertz CT molecular complexity index is 521. The predicted octanol–water partition coefficient (Wildman–Crippen LogP) is 2.07. The van der Waals surface area contributed by atoms with Gasteiger partial charge >= 0.3 is 0 Å². The molecule has 0 fully saturated rings. The van der Waals surface area contributed by atoms with Gasteiger partial charge in [0.05, 0.1) is 11.2 Å². The van der Waals surface area contributed by atoms with Crippen molar-refractivity contribution in [2.75, 3.05) is 13.2 Å². The van der Waals surface area contributed by atoms with Crippen LogP contribution >= 0.6 is 0 Å². The number of benzene rings is 1. The molecule has 0 aliphatic heterocycles. The highest BCUT2D eigenvalue weighted by molar-refractivity contribution is 5.81. The van der Waals surface area contributed by atoms with E-state index in [-0.39, 0.29) is 6.61 Å². The van der Waals surface area contributed by atoms with Gasteiger partial charge in [0.15, 0.2) is 0 Å². The van der Waals surface area contributed by atoms with Gasteiger partial charge in [-0.3, -0.25) is 4.68 Å². The quantitative estimate of drug-likeness (QED) is 0.802. The summed E-state index contributed by atoms with van der Waals surface area (Å²) in [5, 5.41) is 18.2. The van der Waals surface area contributed by atoms with Gasteiger partial charge in [-0.25, -0.2) is 0 Å². The smallest absolute Gasteiger partial charge is 0.0841 e. The van der Waals surface area contributed by atoms with Crippen molar-refractivity contribution in [2.45, 2.75) is 26.3 Å². The molecule has 0 saturated carbocycles. The lowest BCUT2D eigenvalue weighted by Gasteiger charge is -2.13. The number of aliphatic hydroxyl groups excluding tert-OH is 1. The van der Waals surface area contributed by atoms with Gasteiger partial charge in [0.25, 0.3) is 0 Å². The van der Waals surface area contributed by atoms with Crippen LogP contribution in [0.1, 0.15) is 25.5 Å². The molecular formula is C15H23N3O. The van der Waals surface area contributed by atoms with E-state index in [0.717, 1.165) is 31.6 Å². The summed E-state index contributed by atoms with van der Waals surface area (Å²) in [6.07, 6.45) is 1.96. The van der Waals surface area contributed by atoms with Crippen LogP contribution in [-0.4, -0.2) is 28.0 Å². The van der Waals surface area contributed by atoms with Crippen LogP contribution < -0.4 is 5.32 Å². The van der Waals surface area contributed by atoms with Gasteiger partial charge in [-0.2, -0.15) is 5.10 Å². The average molecular weight is 261 g/mol. The molecule has 0 amide bonds. The van der Waals surface area contributed by atoms with Crippen LogP contribution in [0.3, 0.4) is 0 Å². The zero-order chi connectivity index (χ0) is 13.7. The molecule has 104 valence electrons. The average Bonchev–Trinajstić information content (AvgIpc) is 2.75. The molecular weight excluding hydrogens is 238 g/mol. The Morgan fingerprint density at radius 1 is 1.37 bits per heavy atom. The zero-order valence-electron chi connectivity index (χ0n) is 11.8. The molecule has 0 aliphatic rings. The largest absolute Gasteiger partial charge is 0.396 e. The Kier molecular flexibility index (Phi) is 4.93. The lowest BCUT2D eigenvalue weighted by Crippen LogP contribution is -2.23. The van der Waals surface area contributed by atoms with Gasteiger partial charge in [-0.1, -0.05) is 31.5 Å². The summed E-state index contributed by atoms with van der Waals surface area (Å²) >= 11 is 0. The maximum atomic E-state index is 8.99. The Balaban J connectivity index is 1.98. The predicted molar refractivity (Wildman–Crippen MR) is 77.9 cm³/mol. The van der Waals surface area contributed by atoms with E-state index in [2.05, 4.69) is 29.5 Å². The van der Waals surface area contributed by atoms with Crippen LogP contribution in [0.15, 0.2) is 24.3 Å². The van der Waals surface area contributed by atoms with E-state index in [1.54, 1.807) is 0 Å². The topological polar surface area (TPSA) is 50.1 Å². The second-order valence-electron chi connectivity index (χ2n) is 5.00. The van der Waals surface area contributed by atoms with Crippen molar-refractivity contribution in [2.24, 2.45) is 13.0 Å². The van der Waals surface area contributed by atoms with Crippen molar-refractivity contribution >= 4 is 10.9 Å². The minimum absolute atomic E-state index is 0.271. The SMILES string of the molecule is CCC(CCO)CNCc1nn(C)c2ccccc12. The Morgan fingerprint density at radius 2 is 2.16 bits per heavy atom. The van der Waals surface area contributed by atoms with Gasteiger partial charge in [-0.15, -0.1) is 0 Å². The number of fused-ring (bicyclic) bond motifs is 1. The molecule has 4 nitrogen and oxygen atoms in total. The minimum Gasteiger partial charge on any atom is -0.396 e. The fourth-order valence-electron chi connectivity index (χ4n) is 2.45. The van der Waals surface area contributed by atoms with Crippen molar-refractivity contribution < 1.29 is 5.11 Å². The first-order valence-electron chi connectivity index (χ1n) is 6.98. The van der Waals surface area contributed by atoms with Crippen LogP contribution in [0.2, 0.25) is 0 Å². The van der Waals surface area contributed by atoms with Gasteiger partial charge in [-0.05, 0) is 24.9 Å². The molecule has 19 heavy (non-hydrogen) atoms. The van der Waals surface area contributed by atoms with Gasteiger partial charge in [0.1, 0.15) is 0 Å².